The Balaban J connectivity index is 1.63. The lowest BCUT2D eigenvalue weighted by Gasteiger charge is -2.17. The van der Waals surface area contributed by atoms with Crippen LogP contribution < -0.4 is 10.1 Å². The highest BCUT2D eigenvalue weighted by atomic mass is 19.3. The van der Waals surface area contributed by atoms with Gasteiger partial charge in [0.2, 0.25) is 0 Å². The molecule has 1 amide bonds. The van der Waals surface area contributed by atoms with Crippen LogP contribution in [0.1, 0.15) is 47.7 Å². The van der Waals surface area contributed by atoms with Crippen LogP contribution in [0.3, 0.4) is 0 Å². The summed E-state index contributed by atoms with van der Waals surface area (Å²) >= 11 is 0. The van der Waals surface area contributed by atoms with E-state index in [1.807, 2.05) is 0 Å². The van der Waals surface area contributed by atoms with E-state index < -0.39 is 18.6 Å². The number of nitrogens with one attached hydrogen (secondary N) is 1. The molecule has 0 saturated carbocycles. The number of likely N-dealkylation sites (tertiary alicyclic amines) is 1. The summed E-state index contributed by atoms with van der Waals surface area (Å²) < 4.78 is 35.2. The molecule has 7 heteroatoms. The summed E-state index contributed by atoms with van der Waals surface area (Å²) in [5.41, 5.74) is 0.477. The zero-order chi connectivity index (χ0) is 18.5. The molecule has 1 fully saturated rings. The largest absolute Gasteiger partial charge is 0.455 e. The Morgan fingerprint density at radius 2 is 1.96 bits per heavy atom. The predicted molar refractivity (Wildman–Crippen MR) is 92.2 cm³/mol. The minimum Gasteiger partial charge on any atom is -0.455 e. The number of amides is 1. The Morgan fingerprint density at radius 1 is 1.23 bits per heavy atom. The van der Waals surface area contributed by atoms with Gasteiger partial charge in [-0.25, -0.2) is 0 Å². The van der Waals surface area contributed by atoms with Gasteiger partial charge in [0.15, 0.2) is 5.76 Å². The van der Waals surface area contributed by atoms with Crippen molar-refractivity contribution in [2.24, 2.45) is 0 Å². The van der Waals surface area contributed by atoms with Gasteiger partial charge in [0, 0.05) is 5.56 Å². The molecule has 1 aliphatic rings. The van der Waals surface area contributed by atoms with Gasteiger partial charge in [-0.15, -0.1) is 0 Å². The molecule has 2 aromatic rings. The van der Waals surface area contributed by atoms with Gasteiger partial charge < -0.3 is 14.5 Å². The van der Waals surface area contributed by atoms with Crippen molar-refractivity contribution in [1.82, 2.24) is 10.2 Å². The van der Waals surface area contributed by atoms with Crippen molar-refractivity contribution in [2.45, 2.75) is 39.0 Å². The number of hydrogen-bond donors (Lipinski definition) is 1. The maximum absolute atomic E-state index is 12.5. The maximum atomic E-state index is 12.5. The molecule has 1 aromatic heterocycles. The lowest BCUT2D eigenvalue weighted by Crippen LogP contribution is -2.26. The van der Waals surface area contributed by atoms with E-state index in [1.54, 1.807) is 37.3 Å². The summed E-state index contributed by atoms with van der Waals surface area (Å²) in [6, 6.07) is 9.32. The molecule has 1 unspecified atom stereocenters. The number of carbonyl (C=O) groups excluding carboxylic acids is 1. The molecule has 1 saturated heterocycles. The Morgan fingerprint density at radius 3 is 2.69 bits per heavy atom. The summed E-state index contributed by atoms with van der Waals surface area (Å²) in [7, 11) is 0. The Kier molecular flexibility index (Phi) is 5.88. The summed E-state index contributed by atoms with van der Waals surface area (Å²) in [5, 5.41) is 2.76. The topological polar surface area (TPSA) is 54.7 Å². The van der Waals surface area contributed by atoms with E-state index in [2.05, 4.69) is 15.0 Å². The van der Waals surface area contributed by atoms with Gasteiger partial charge in [0.25, 0.3) is 5.91 Å². The van der Waals surface area contributed by atoms with Crippen LogP contribution in [0.15, 0.2) is 40.8 Å². The fraction of sp³-hybridized carbons (Fsp3) is 0.421. The minimum atomic E-state index is -2.92. The summed E-state index contributed by atoms with van der Waals surface area (Å²) in [4.78, 5) is 14.7. The van der Waals surface area contributed by atoms with E-state index in [9.17, 15) is 13.6 Å². The quantitative estimate of drug-likeness (QED) is 0.808. The van der Waals surface area contributed by atoms with Gasteiger partial charge in [-0.1, -0.05) is 18.2 Å². The zero-order valence-electron chi connectivity index (χ0n) is 14.6. The molecule has 1 atom stereocenters. The van der Waals surface area contributed by atoms with Gasteiger partial charge >= 0.3 is 6.61 Å². The molecule has 2 heterocycles. The first-order chi connectivity index (χ1) is 12.5. The van der Waals surface area contributed by atoms with E-state index in [-0.39, 0.29) is 11.5 Å². The first-order valence-electron chi connectivity index (χ1n) is 8.68. The first kappa shape index (κ1) is 18.4. The number of hydrogen-bond acceptors (Lipinski definition) is 4. The lowest BCUT2D eigenvalue weighted by atomic mass is 10.1. The number of rotatable bonds is 7. The van der Waals surface area contributed by atoms with Crippen LogP contribution in [0.5, 0.6) is 5.75 Å². The zero-order valence-corrected chi connectivity index (χ0v) is 14.6. The van der Waals surface area contributed by atoms with Gasteiger partial charge in [-0.2, -0.15) is 8.78 Å². The highest BCUT2D eigenvalue weighted by Gasteiger charge is 2.20. The number of halogens is 2. The fourth-order valence-electron chi connectivity index (χ4n) is 3.13. The number of carbonyl (C=O) groups is 1. The second-order valence-electron chi connectivity index (χ2n) is 6.36. The Hall–Kier alpha value is -2.41. The van der Waals surface area contributed by atoms with Gasteiger partial charge in [-0.05, 0) is 51.1 Å². The number of ether oxygens (including phenoxy) is 1. The van der Waals surface area contributed by atoms with Crippen LogP contribution in [0.4, 0.5) is 8.78 Å². The molecule has 0 radical (unpaired) electrons. The second-order valence-corrected chi connectivity index (χ2v) is 6.36. The fourth-order valence-corrected chi connectivity index (χ4v) is 3.13. The molecule has 140 valence electrons. The van der Waals surface area contributed by atoms with Gasteiger partial charge in [0.05, 0.1) is 12.6 Å². The van der Waals surface area contributed by atoms with E-state index in [1.165, 1.54) is 18.9 Å². The number of nitrogens with zero attached hydrogens (tertiary/aromatic N) is 1. The average molecular weight is 364 g/mol. The predicted octanol–water partition coefficient (Wildman–Crippen LogP) is 3.97. The van der Waals surface area contributed by atoms with Crippen molar-refractivity contribution < 1.29 is 22.7 Å². The molecular weight excluding hydrogens is 342 g/mol. The van der Waals surface area contributed by atoms with Crippen LogP contribution in [0, 0.1) is 0 Å². The number of alkyl halides is 2. The van der Waals surface area contributed by atoms with Crippen molar-refractivity contribution in [3.63, 3.8) is 0 Å². The molecule has 0 bridgehead atoms. The monoisotopic (exact) mass is 364 g/mol. The van der Waals surface area contributed by atoms with Crippen LogP contribution in [-0.2, 0) is 6.54 Å². The Labute approximate surface area is 150 Å². The van der Waals surface area contributed by atoms with Crippen molar-refractivity contribution in [2.75, 3.05) is 13.1 Å². The molecule has 3 rings (SSSR count). The van der Waals surface area contributed by atoms with E-state index in [0.717, 1.165) is 18.8 Å². The molecule has 26 heavy (non-hydrogen) atoms. The molecule has 1 N–H and O–H groups in total. The molecule has 5 nitrogen and oxygen atoms in total. The molecule has 1 aromatic carbocycles. The van der Waals surface area contributed by atoms with E-state index in [0.29, 0.717) is 12.1 Å². The van der Waals surface area contributed by atoms with E-state index >= 15 is 0 Å². The van der Waals surface area contributed by atoms with Crippen LogP contribution in [0.25, 0.3) is 0 Å². The standard InChI is InChI=1S/C19H22F2N2O3/c1-13(15-6-2-3-7-16(15)26-19(20)21)22-18(24)17-9-8-14(25-17)12-23-10-4-5-11-23/h2-3,6-9,13,19H,4-5,10-12H2,1H3,(H,22,24). The first-order valence-corrected chi connectivity index (χ1v) is 8.68. The van der Waals surface area contributed by atoms with Crippen LogP contribution >= 0.6 is 0 Å². The molecule has 1 aliphatic heterocycles. The van der Waals surface area contributed by atoms with Crippen LogP contribution in [-0.4, -0.2) is 30.5 Å². The van der Waals surface area contributed by atoms with E-state index in [4.69, 9.17) is 4.42 Å². The maximum Gasteiger partial charge on any atom is 0.387 e. The summed E-state index contributed by atoms with van der Waals surface area (Å²) in [6.07, 6.45) is 2.37. The highest BCUT2D eigenvalue weighted by Crippen LogP contribution is 2.26. The number of furan rings is 1. The summed E-state index contributed by atoms with van der Waals surface area (Å²) in [6.45, 7) is 1.56. The molecular formula is C19H22F2N2O3. The average Bonchev–Trinajstić information content (AvgIpc) is 3.27. The third-order valence-corrected chi connectivity index (χ3v) is 4.41. The third kappa shape index (κ3) is 4.60. The molecule has 0 spiro atoms. The number of para-hydroxylation sites is 1. The third-order valence-electron chi connectivity index (χ3n) is 4.41. The van der Waals surface area contributed by atoms with Crippen molar-refractivity contribution in [1.29, 1.82) is 0 Å². The number of benzene rings is 1. The van der Waals surface area contributed by atoms with Crippen molar-refractivity contribution in [3.05, 3.63) is 53.5 Å². The smallest absolute Gasteiger partial charge is 0.387 e. The van der Waals surface area contributed by atoms with Crippen molar-refractivity contribution in [3.8, 4) is 5.75 Å². The lowest BCUT2D eigenvalue weighted by molar-refractivity contribution is -0.0506. The second kappa shape index (κ2) is 8.31. The van der Waals surface area contributed by atoms with Gasteiger partial charge in [-0.3, -0.25) is 9.69 Å². The van der Waals surface area contributed by atoms with Gasteiger partial charge in [0.1, 0.15) is 11.5 Å². The normalized spacial score (nSPS) is 16.0. The van der Waals surface area contributed by atoms with Crippen LogP contribution in [0.2, 0.25) is 0 Å². The Bertz CT molecular complexity index is 742. The minimum absolute atomic E-state index is 0.0458. The highest BCUT2D eigenvalue weighted by molar-refractivity contribution is 5.91. The van der Waals surface area contributed by atoms with Crippen molar-refractivity contribution >= 4 is 5.91 Å². The SMILES string of the molecule is CC(NC(=O)c1ccc(CN2CCCC2)o1)c1ccccc1OC(F)F. The summed E-state index contributed by atoms with van der Waals surface area (Å²) in [5.74, 6) is 0.603. The molecule has 0 aliphatic carbocycles.